The van der Waals surface area contributed by atoms with Gasteiger partial charge in [-0.2, -0.15) is 0 Å². The van der Waals surface area contributed by atoms with Gasteiger partial charge < -0.3 is 16.2 Å². The van der Waals surface area contributed by atoms with Crippen LogP contribution in [0.4, 0.5) is 0 Å². The third-order valence-corrected chi connectivity index (χ3v) is 4.48. The molecule has 1 aliphatic carbocycles. The van der Waals surface area contributed by atoms with E-state index in [4.69, 9.17) is 10.8 Å². The molecule has 1 rings (SSSR count). The lowest BCUT2D eigenvalue weighted by atomic mass is 9.61. The van der Waals surface area contributed by atoms with Gasteiger partial charge >= 0.3 is 0 Å². The summed E-state index contributed by atoms with van der Waals surface area (Å²) >= 11 is 0. The van der Waals surface area contributed by atoms with Gasteiger partial charge in [0.15, 0.2) is 0 Å². The Morgan fingerprint density at radius 2 is 2.12 bits per heavy atom. The zero-order valence-electron chi connectivity index (χ0n) is 11.4. The van der Waals surface area contributed by atoms with Crippen molar-refractivity contribution in [3.05, 3.63) is 0 Å². The molecule has 1 amide bonds. The highest BCUT2D eigenvalue weighted by Gasteiger charge is 2.45. The fraction of sp³-hybridized carbons (Fsp3) is 0.923. The average molecular weight is 242 g/mol. The molecule has 0 spiro atoms. The average Bonchev–Trinajstić information content (AvgIpc) is 2.25. The Morgan fingerprint density at radius 1 is 1.53 bits per heavy atom. The van der Waals surface area contributed by atoms with Gasteiger partial charge in [0.25, 0.3) is 0 Å². The van der Waals surface area contributed by atoms with Crippen LogP contribution in [0, 0.1) is 17.3 Å². The predicted octanol–water partition coefficient (Wildman–Crippen LogP) is 0.883. The standard InChI is InChI=1S/C13H26N2O2/c1-8(7-16)15-12(17)10-5-6-11(14)9(2)13(10,3)4/h8-11,16H,5-7,14H2,1-4H3,(H,15,17)/t8-,9?,10?,11?/m0/s1. The summed E-state index contributed by atoms with van der Waals surface area (Å²) in [4.78, 5) is 12.2. The van der Waals surface area contributed by atoms with E-state index >= 15 is 0 Å². The zero-order valence-corrected chi connectivity index (χ0v) is 11.4. The second-order valence-corrected chi connectivity index (χ2v) is 6.00. The van der Waals surface area contributed by atoms with Crippen molar-refractivity contribution < 1.29 is 9.90 Å². The number of carbonyl (C=O) groups excluding carboxylic acids is 1. The van der Waals surface area contributed by atoms with Crippen LogP contribution in [-0.4, -0.2) is 29.7 Å². The number of aliphatic hydroxyl groups is 1. The van der Waals surface area contributed by atoms with E-state index in [-0.39, 0.29) is 35.9 Å². The van der Waals surface area contributed by atoms with Crippen LogP contribution in [0.15, 0.2) is 0 Å². The molecule has 1 saturated carbocycles. The number of hydrogen-bond acceptors (Lipinski definition) is 3. The molecule has 0 aromatic rings. The van der Waals surface area contributed by atoms with Gasteiger partial charge in [0.05, 0.1) is 6.61 Å². The molecular formula is C13H26N2O2. The van der Waals surface area contributed by atoms with Gasteiger partial charge in [0, 0.05) is 18.0 Å². The highest BCUT2D eigenvalue weighted by atomic mass is 16.3. The van der Waals surface area contributed by atoms with Crippen LogP contribution >= 0.6 is 0 Å². The van der Waals surface area contributed by atoms with Gasteiger partial charge in [0.1, 0.15) is 0 Å². The Bertz CT molecular complexity index is 279. The zero-order chi connectivity index (χ0) is 13.2. The molecular weight excluding hydrogens is 216 g/mol. The Kier molecular flexibility index (Phi) is 4.55. The maximum Gasteiger partial charge on any atom is 0.223 e. The number of rotatable bonds is 3. The van der Waals surface area contributed by atoms with E-state index in [0.717, 1.165) is 12.8 Å². The molecule has 0 aromatic heterocycles. The van der Waals surface area contributed by atoms with E-state index in [0.29, 0.717) is 5.92 Å². The Hall–Kier alpha value is -0.610. The fourth-order valence-electron chi connectivity index (χ4n) is 2.71. The van der Waals surface area contributed by atoms with E-state index < -0.39 is 0 Å². The molecule has 17 heavy (non-hydrogen) atoms. The van der Waals surface area contributed by atoms with Crippen LogP contribution in [0.2, 0.25) is 0 Å². The summed E-state index contributed by atoms with van der Waals surface area (Å²) in [5.74, 6) is 0.373. The topological polar surface area (TPSA) is 75.4 Å². The highest BCUT2D eigenvalue weighted by Crippen LogP contribution is 2.44. The van der Waals surface area contributed by atoms with Gasteiger partial charge in [-0.3, -0.25) is 4.79 Å². The lowest BCUT2D eigenvalue weighted by Crippen LogP contribution is -2.53. The van der Waals surface area contributed by atoms with Crippen LogP contribution in [0.25, 0.3) is 0 Å². The van der Waals surface area contributed by atoms with E-state index in [9.17, 15) is 4.79 Å². The molecule has 1 aliphatic rings. The smallest absolute Gasteiger partial charge is 0.223 e. The SMILES string of the molecule is CC1C(N)CCC(C(=O)N[C@@H](C)CO)C1(C)C. The van der Waals surface area contributed by atoms with E-state index in [1.165, 1.54) is 0 Å². The van der Waals surface area contributed by atoms with E-state index in [1.54, 1.807) is 0 Å². The first-order chi connectivity index (χ1) is 7.80. The summed E-state index contributed by atoms with van der Waals surface area (Å²) in [5, 5.41) is 11.8. The number of carbonyl (C=O) groups is 1. The van der Waals surface area contributed by atoms with E-state index in [1.807, 2.05) is 6.92 Å². The number of aliphatic hydroxyl groups excluding tert-OH is 1. The van der Waals surface area contributed by atoms with Crippen LogP contribution in [0.1, 0.15) is 40.5 Å². The summed E-state index contributed by atoms with van der Waals surface area (Å²) < 4.78 is 0. The molecule has 0 heterocycles. The van der Waals surface area contributed by atoms with Crippen molar-refractivity contribution in [1.29, 1.82) is 0 Å². The Balaban J connectivity index is 2.73. The van der Waals surface area contributed by atoms with Crippen molar-refractivity contribution in [2.75, 3.05) is 6.61 Å². The largest absolute Gasteiger partial charge is 0.394 e. The fourth-order valence-corrected chi connectivity index (χ4v) is 2.71. The van der Waals surface area contributed by atoms with Crippen molar-refractivity contribution in [3.8, 4) is 0 Å². The van der Waals surface area contributed by atoms with Crippen LogP contribution < -0.4 is 11.1 Å². The molecule has 0 aromatic carbocycles. The number of nitrogens with two attached hydrogens (primary N) is 1. The Morgan fingerprint density at radius 3 is 2.65 bits per heavy atom. The lowest BCUT2D eigenvalue weighted by molar-refractivity contribution is -0.133. The molecule has 4 heteroatoms. The molecule has 4 N–H and O–H groups in total. The molecule has 1 fully saturated rings. The minimum absolute atomic E-state index is 0.00806. The molecule has 100 valence electrons. The second-order valence-electron chi connectivity index (χ2n) is 6.00. The third-order valence-electron chi connectivity index (χ3n) is 4.48. The molecule has 0 saturated heterocycles. The van der Waals surface area contributed by atoms with Gasteiger partial charge in [0.2, 0.25) is 5.91 Å². The van der Waals surface area contributed by atoms with E-state index in [2.05, 4.69) is 26.1 Å². The quantitative estimate of drug-likeness (QED) is 0.688. The molecule has 4 atom stereocenters. The minimum Gasteiger partial charge on any atom is -0.394 e. The first kappa shape index (κ1) is 14.5. The van der Waals surface area contributed by atoms with Gasteiger partial charge in [-0.25, -0.2) is 0 Å². The minimum atomic E-state index is -0.177. The summed E-state index contributed by atoms with van der Waals surface area (Å²) in [7, 11) is 0. The lowest BCUT2D eigenvalue weighted by Gasteiger charge is -2.46. The van der Waals surface area contributed by atoms with Crippen molar-refractivity contribution >= 4 is 5.91 Å². The van der Waals surface area contributed by atoms with Crippen LogP contribution in [0.5, 0.6) is 0 Å². The first-order valence-corrected chi connectivity index (χ1v) is 6.47. The van der Waals surface area contributed by atoms with Crippen molar-refractivity contribution in [3.63, 3.8) is 0 Å². The number of hydrogen-bond donors (Lipinski definition) is 3. The van der Waals surface area contributed by atoms with Crippen LogP contribution in [0.3, 0.4) is 0 Å². The van der Waals surface area contributed by atoms with Crippen molar-refractivity contribution in [1.82, 2.24) is 5.32 Å². The van der Waals surface area contributed by atoms with Crippen molar-refractivity contribution in [2.24, 2.45) is 23.0 Å². The highest BCUT2D eigenvalue weighted by molar-refractivity contribution is 5.80. The summed E-state index contributed by atoms with van der Waals surface area (Å²) in [6.45, 7) is 8.14. The molecule has 4 nitrogen and oxygen atoms in total. The second kappa shape index (κ2) is 5.36. The summed E-state index contributed by atoms with van der Waals surface area (Å²) in [5.41, 5.74) is 5.99. The van der Waals surface area contributed by atoms with Crippen molar-refractivity contribution in [2.45, 2.75) is 52.6 Å². The molecule has 3 unspecified atom stereocenters. The molecule has 0 bridgehead atoms. The number of amides is 1. The van der Waals surface area contributed by atoms with Gasteiger partial charge in [-0.05, 0) is 31.1 Å². The summed E-state index contributed by atoms with van der Waals surface area (Å²) in [6.07, 6.45) is 1.73. The third kappa shape index (κ3) is 2.99. The molecule has 0 aliphatic heterocycles. The number of nitrogens with one attached hydrogen (secondary N) is 1. The monoisotopic (exact) mass is 242 g/mol. The normalized spacial score (nSPS) is 34.1. The molecule has 0 radical (unpaired) electrons. The summed E-state index contributed by atoms with van der Waals surface area (Å²) in [6, 6.07) is 0.00789. The van der Waals surface area contributed by atoms with Gasteiger partial charge in [-0.15, -0.1) is 0 Å². The maximum atomic E-state index is 12.2. The predicted molar refractivity (Wildman–Crippen MR) is 68.3 cm³/mol. The van der Waals surface area contributed by atoms with Gasteiger partial charge in [-0.1, -0.05) is 20.8 Å². The first-order valence-electron chi connectivity index (χ1n) is 6.47. The van der Waals surface area contributed by atoms with Crippen LogP contribution in [-0.2, 0) is 4.79 Å². The Labute approximate surface area is 104 Å². The maximum absolute atomic E-state index is 12.2.